The molecule has 0 unspecified atom stereocenters. The molecule has 2 N–H and O–H groups in total. The van der Waals surface area contributed by atoms with E-state index in [1.807, 2.05) is 35.1 Å². The van der Waals surface area contributed by atoms with Gasteiger partial charge < -0.3 is 9.97 Å². The van der Waals surface area contributed by atoms with Gasteiger partial charge in [0.1, 0.15) is 11.6 Å². The Balaban J connectivity index is 1.54. The van der Waals surface area contributed by atoms with Crippen LogP contribution in [0.3, 0.4) is 0 Å². The van der Waals surface area contributed by atoms with Crippen molar-refractivity contribution in [2.24, 2.45) is 0 Å². The minimum Gasteiger partial charge on any atom is -0.341 e. The number of nitrogens with zero attached hydrogens (tertiary/aromatic N) is 2. The van der Waals surface area contributed by atoms with Gasteiger partial charge in [-0.15, -0.1) is 22.7 Å². The fourth-order valence-corrected chi connectivity index (χ4v) is 5.46. The Hall–Kier alpha value is -2.44. The molecule has 5 aromatic rings. The highest BCUT2D eigenvalue weighted by molar-refractivity contribution is 7.23. The molecule has 4 nitrogen and oxygen atoms in total. The van der Waals surface area contributed by atoms with Gasteiger partial charge in [-0.2, -0.15) is 0 Å². The predicted molar refractivity (Wildman–Crippen MR) is 121 cm³/mol. The molecular formula is C22H22N4S2. The number of aromatic nitrogens is 4. The summed E-state index contributed by atoms with van der Waals surface area (Å²) in [6, 6.07) is 9.14. The molecule has 0 aliphatic carbocycles. The molecule has 4 heterocycles. The van der Waals surface area contributed by atoms with Gasteiger partial charge >= 0.3 is 0 Å². The number of rotatable bonds is 4. The van der Waals surface area contributed by atoms with Crippen molar-refractivity contribution < 1.29 is 0 Å². The largest absolute Gasteiger partial charge is 0.341 e. The minimum atomic E-state index is 0.408. The van der Waals surface area contributed by atoms with Crippen molar-refractivity contribution in [3.63, 3.8) is 0 Å². The second-order valence-corrected chi connectivity index (χ2v) is 9.99. The first-order valence-corrected chi connectivity index (χ1v) is 11.2. The number of aromatic amines is 2. The molecule has 0 fully saturated rings. The van der Waals surface area contributed by atoms with Crippen molar-refractivity contribution in [2.75, 3.05) is 0 Å². The lowest BCUT2D eigenvalue weighted by Gasteiger charge is -1.97. The number of thiophene rings is 2. The van der Waals surface area contributed by atoms with Crippen LogP contribution in [0.25, 0.3) is 41.3 Å². The van der Waals surface area contributed by atoms with Crippen LogP contribution in [0, 0.1) is 0 Å². The molecule has 0 bridgehead atoms. The third kappa shape index (κ3) is 2.97. The van der Waals surface area contributed by atoms with E-state index in [4.69, 9.17) is 0 Å². The molecule has 28 heavy (non-hydrogen) atoms. The van der Waals surface area contributed by atoms with Gasteiger partial charge in [0.15, 0.2) is 0 Å². The van der Waals surface area contributed by atoms with E-state index >= 15 is 0 Å². The zero-order valence-electron chi connectivity index (χ0n) is 16.3. The number of fused-ring (bicyclic) bond motifs is 2. The van der Waals surface area contributed by atoms with Crippen molar-refractivity contribution in [1.29, 1.82) is 0 Å². The zero-order chi connectivity index (χ0) is 19.4. The highest BCUT2D eigenvalue weighted by atomic mass is 32.1. The average Bonchev–Trinajstić information content (AvgIpc) is 3.43. The lowest BCUT2D eigenvalue weighted by molar-refractivity contribution is 0.795. The van der Waals surface area contributed by atoms with Crippen LogP contribution in [0.1, 0.15) is 51.2 Å². The van der Waals surface area contributed by atoms with Crippen LogP contribution in [0.4, 0.5) is 0 Å². The van der Waals surface area contributed by atoms with Crippen LogP contribution in [-0.4, -0.2) is 19.9 Å². The lowest BCUT2D eigenvalue weighted by Crippen LogP contribution is -1.88. The summed E-state index contributed by atoms with van der Waals surface area (Å²) in [5, 5.41) is 2.57. The topological polar surface area (TPSA) is 57.4 Å². The summed E-state index contributed by atoms with van der Waals surface area (Å²) >= 11 is 3.63. The Kier molecular flexibility index (Phi) is 4.14. The van der Waals surface area contributed by atoms with Crippen molar-refractivity contribution in [3.05, 3.63) is 48.3 Å². The van der Waals surface area contributed by atoms with E-state index in [-0.39, 0.29) is 0 Å². The first kappa shape index (κ1) is 17.6. The predicted octanol–water partition coefficient (Wildman–Crippen LogP) is 7.14. The SMILES string of the molecule is CC(C)c1ncc(-c2cc3cc4sc(-c5cnc(C(C)C)[nH]5)cc4cc3s2)[nH]1. The number of nitrogens with one attached hydrogen (secondary N) is 2. The van der Waals surface area contributed by atoms with Gasteiger partial charge in [0.05, 0.1) is 33.5 Å². The van der Waals surface area contributed by atoms with Gasteiger partial charge in [-0.05, 0) is 35.0 Å². The van der Waals surface area contributed by atoms with Crippen LogP contribution >= 0.6 is 22.7 Å². The second kappa shape index (κ2) is 6.57. The van der Waals surface area contributed by atoms with Gasteiger partial charge in [0, 0.05) is 21.2 Å². The van der Waals surface area contributed by atoms with Gasteiger partial charge in [0.2, 0.25) is 0 Å². The minimum absolute atomic E-state index is 0.408. The van der Waals surface area contributed by atoms with E-state index in [2.05, 4.69) is 71.9 Å². The van der Waals surface area contributed by atoms with Crippen LogP contribution in [0.15, 0.2) is 36.7 Å². The molecule has 6 heteroatoms. The van der Waals surface area contributed by atoms with Crippen LogP contribution < -0.4 is 0 Å². The molecule has 142 valence electrons. The van der Waals surface area contributed by atoms with Crippen molar-refractivity contribution >= 4 is 42.8 Å². The fraction of sp³-hybridized carbons (Fsp3) is 0.273. The molecule has 0 atom stereocenters. The van der Waals surface area contributed by atoms with E-state index in [0.29, 0.717) is 11.8 Å². The number of H-pyrrole nitrogens is 2. The number of hydrogen-bond acceptors (Lipinski definition) is 4. The van der Waals surface area contributed by atoms with E-state index < -0.39 is 0 Å². The van der Waals surface area contributed by atoms with Crippen LogP contribution in [-0.2, 0) is 0 Å². The first-order valence-electron chi connectivity index (χ1n) is 9.55. The molecule has 4 aromatic heterocycles. The maximum atomic E-state index is 4.51. The van der Waals surface area contributed by atoms with Gasteiger partial charge in [-0.3, -0.25) is 0 Å². The lowest BCUT2D eigenvalue weighted by atomic mass is 10.2. The Morgan fingerprint density at radius 1 is 0.679 bits per heavy atom. The Bertz CT molecular complexity index is 1140. The Labute approximate surface area is 171 Å². The van der Waals surface area contributed by atoms with E-state index in [1.165, 1.54) is 29.9 Å². The summed E-state index contributed by atoms with van der Waals surface area (Å²) in [6.07, 6.45) is 3.90. The molecule has 1 aromatic carbocycles. The monoisotopic (exact) mass is 406 g/mol. The number of benzene rings is 1. The van der Waals surface area contributed by atoms with Crippen LogP contribution in [0.5, 0.6) is 0 Å². The molecular weight excluding hydrogens is 384 g/mol. The normalized spacial score (nSPS) is 12.2. The fourth-order valence-electron chi connectivity index (χ4n) is 3.35. The Morgan fingerprint density at radius 2 is 1.11 bits per heavy atom. The molecule has 0 spiro atoms. The summed E-state index contributed by atoms with van der Waals surface area (Å²) in [5.74, 6) is 2.90. The summed E-state index contributed by atoms with van der Waals surface area (Å²) < 4.78 is 2.61. The standard InChI is InChI=1S/C22H22N4S2/c1-11(2)21-23-9-15(25-21)19-7-13-5-18-14(6-17(13)27-19)8-20(28-18)16-10-24-22(26-16)12(3)4/h5-12H,1-4H3,(H,23,25)(H,24,26). The summed E-state index contributed by atoms with van der Waals surface area (Å²) in [7, 11) is 0. The molecule has 0 aliphatic heterocycles. The summed E-state index contributed by atoms with van der Waals surface area (Å²) in [6.45, 7) is 8.62. The maximum Gasteiger partial charge on any atom is 0.109 e. The van der Waals surface area contributed by atoms with E-state index in [1.54, 1.807) is 0 Å². The third-order valence-electron chi connectivity index (χ3n) is 4.97. The van der Waals surface area contributed by atoms with Crippen molar-refractivity contribution in [3.8, 4) is 21.1 Å². The zero-order valence-corrected chi connectivity index (χ0v) is 18.0. The molecule has 0 radical (unpaired) electrons. The summed E-state index contributed by atoms with van der Waals surface area (Å²) in [5.41, 5.74) is 2.21. The highest BCUT2D eigenvalue weighted by Gasteiger charge is 2.13. The highest BCUT2D eigenvalue weighted by Crippen LogP contribution is 2.40. The maximum absolute atomic E-state index is 4.51. The molecule has 5 rings (SSSR count). The van der Waals surface area contributed by atoms with E-state index in [9.17, 15) is 0 Å². The number of hydrogen-bond donors (Lipinski definition) is 2. The third-order valence-corrected chi connectivity index (χ3v) is 7.23. The Morgan fingerprint density at radius 3 is 1.46 bits per heavy atom. The van der Waals surface area contributed by atoms with Gasteiger partial charge in [0.25, 0.3) is 0 Å². The summed E-state index contributed by atoms with van der Waals surface area (Å²) in [4.78, 5) is 18.4. The molecule has 0 saturated heterocycles. The second-order valence-electron chi connectivity index (χ2n) is 7.82. The van der Waals surface area contributed by atoms with E-state index in [0.717, 1.165) is 23.0 Å². The number of imidazole rings is 2. The van der Waals surface area contributed by atoms with Gasteiger partial charge in [-0.25, -0.2) is 9.97 Å². The molecule has 0 saturated carbocycles. The molecule has 0 aliphatic rings. The van der Waals surface area contributed by atoms with Crippen molar-refractivity contribution in [2.45, 2.75) is 39.5 Å². The van der Waals surface area contributed by atoms with Crippen LogP contribution in [0.2, 0.25) is 0 Å². The quantitative estimate of drug-likeness (QED) is 0.333. The van der Waals surface area contributed by atoms with Crippen molar-refractivity contribution in [1.82, 2.24) is 19.9 Å². The first-order chi connectivity index (χ1) is 13.5. The average molecular weight is 407 g/mol. The molecule has 0 amide bonds. The smallest absolute Gasteiger partial charge is 0.109 e. The van der Waals surface area contributed by atoms with Gasteiger partial charge in [-0.1, -0.05) is 27.7 Å².